The molecule has 12 heteroatoms. The van der Waals surface area contributed by atoms with E-state index in [9.17, 15) is 19.5 Å². The van der Waals surface area contributed by atoms with Gasteiger partial charge in [0, 0.05) is 6.42 Å². The number of methoxy groups -OCH3 is 2. The van der Waals surface area contributed by atoms with Gasteiger partial charge in [-0.1, -0.05) is 30.3 Å². The van der Waals surface area contributed by atoms with Crippen molar-refractivity contribution in [3.8, 4) is 23.0 Å². The van der Waals surface area contributed by atoms with E-state index < -0.39 is 29.8 Å². The maximum absolute atomic E-state index is 13.8. The molecule has 1 saturated heterocycles. The number of hydrogen-bond acceptors (Lipinski definition) is 9. The smallest absolute Gasteiger partial charge is 0.267 e. The van der Waals surface area contributed by atoms with Crippen LogP contribution in [0.4, 0.5) is 5.69 Å². The standard InChI is InChI=1S/C34H38N4O7S/c1-20(31(41)37-25(30(35)40)16-21-12-14-24(15-13-21)45-34(2,3)4)38-32(42)28(46-33(38)36-23-10-8-7-9-11-23)19-22-17-26(43-5)29(39)27(18-22)44-6/h7-15,17-20,25,39H,16H2,1-6H3,(H2,35,40)(H,37,41)/t20-,25-/m0/s1. The van der Waals surface area contributed by atoms with Crippen molar-refractivity contribution >= 4 is 46.4 Å². The molecule has 0 aromatic heterocycles. The van der Waals surface area contributed by atoms with Gasteiger partial charge in [-0.2, -0.15) is 0 Å². The highest BCUT2D eigenvalue weighted by atomic mass is 32.2. The van der Waals surface area contributed by atoms with E-state index in [1.54, 1.807) is 49.4 Å². The Morgan fingerprint density at radius 1 is 1.04 bits per heavy atom. The number of para-hydroxylation sites is 1. The van der Waals surface area contributed by atoms with Crippen LogP contribution in [-0.2, 0) is 20.8 Å². The van der Waals surface area contributed by atoms with Gasteiger partial charge in [0.1, 0.15) is 23.4 Å². The highest BCUT2D eigenvalue weighted by Gasteiger charge is 2.40. The number of nitrogens with two attached hydrogens (primary N) is 1. The lowest BCUT2D eigenvalue weighted by atomic mass is 10.0. The summed E-state index contributed by atoms with van der Waals surface area (Å²) in [5.41, 5.74) is 7.19. The van der Waals surface area contributed by atoms with Crippen LogP contribution >= 0.6 is 11.8 Å². The fraction of sp³-hybridized carbons (Fsp3) is 0.294. The van der Waals surface area contributed by atoms with Crippen molar-refractivity contribution in [1.82, 2.24) is 10.2 Å². The third-order valence-electron chi connectivity index (χ3n) is 6.83. The first-order valence-electron chi connectivity index (χ1n) is 14.5. The first kappa shape index (κ1) is 33.9. The van der Waals surface area contributed by atoms with Gasteiger partial charge in [0.25, 0.3) is 5.91 Å². The molecule has 0 bridgehead atoms. The number of phenolic OH excluding ortho intramolecular Hbond substituents is 1. The average Bonchev–Trinajstić information content (AvgIpc) is 3.31. The van der Waals surface area contributed by atoms with Gasteiger partial charge in [-0.25, -0.2) is 4.99 Å². The second-order valence-corrected chi connectivity index (χ2v) is 12.5. The number of aromatic hydroxyl groups is 1. The summed E-state index contributed by atoms with van der Waals surface area (Å²) in [7, 11) is 2.81. The number of ether oxygens (including phenoxy) is 3. The summed E-state index contributed by atoms with van der Waals surface area (Å²) in [6.45, 7) is 7.39. The summed E-state index contributed by atoms with van der Waals surface area (Å²) in [5.74, 6) is -0.941. The van der Waals surface area contributed by atoms with Gasteiger partial charge in [0.05, 0.1) is 24.8 Å². The van der Waals surface area contributed by atoms with E-state index in [2.05, 4.69) is 10.3 Å². The number of benzene rings is 3. The summed E-state index contributed by atoms with van der Waals surface area (Å²) in [5, 5.41) is 13.3. The minimum absolute atomic E-state index is 0.146. The van der Waals surface area contributed by atoms with Gasteiger partial charge >= 0.3 is 0 Å². The molecule has 1 aliphatic rings. The van der Waals surface area contributed by atoms with Gasteiger partial charge in [-0.3, -0.25) is 19.3 Å². The van der Waals surface area contributed by atoms with Crippen LogP contribution in [0.1, 0.15) is 38.8 Å². The third-order valence-corrected chi connectivity index (χ3v) is 7.81. The lowest BCUT2D eigenvalue weighted by Gasteiger charge is -2.25. The molecule has 0 radical (unpaired) electrons. The number of aliphatic imine (C=N–C) groups is 1. The Morgan fingerprint density at radius 2 is 1.65 bits per heavy atom. The van der Waals surface area contributed by atoms with Gasteiger partial charge in [0.15, 0.2) is 16.7 Å². The van der Waals surface area contributed by atoms with Crippen LogP contribution in [0.15, 0.2) is 76.6 Å². The number of thioether (sulfide) groups is 1. The van der Waals surface area contributed by atoms with E-state index in [1.807, 2.05) is 51.1 Å². The van der Waals surface area contributed by atoms with Crippen LogP contribution in [0.3, 0.4) is 0 Å². The van der Waals surface area contributed by atoms with Crippen molar-refractivity contribution in [2.24, 2.45) is 10.7 Å². The second kappa shape index (κ2) is 14.4. The molecule has 1 heterocycles. The van der Waals surface area contributed by atoms with Crippen molar-refractivity contribution in [3.63, 3.8) is 0 Å². The highest BCUT2D eigenvalue weighted by molar-refractivity contribution is 8.18. The van der Waals surface area contributed by atoms with Crippen LogP contribution in [0.25, 0.3) is 6.08 Å². The second-order valence-electron chi connectivity index (χ2n) is 11.5. The number of amides is 3. The number of primary amides is 1. The highest BCUT2D eigenvalue weighted by Crippen LogP contribution is 2.40. The molecule has 242 valence electrons. The van der Waals surface area contributed by atoms with Crippen LogP contribution < -0.4 is 25.3 Å². The molecule has 3 aromatic carbocycles. The summed E-state index contributed by atoms with van der Waals surface area (Å²) in [6.07, 6.45) is 1.74. The molecule has 2 atom stereocenters. The van der Waals surface area contributed by atoms with Crippen molar-refractivity contribution in [3.05, 3.63) is 82.8 Å². The van der Waals surface area contributed by atoms with Gasteiger partial charge in [-0.15, -0.1) is 0 Å². The normalized spacial score (nSPS) is 16.3. The topological polar surface area (TPSA) is 153 Å². The zero-order valence-electron chi connectivity index (χ0n) is 26.6. The monoisotopic (exact) mass is 646 g/mol. The Hall–Kier alpha value is -4.97. The lowest BCUT2D eigenvalue weighted by molar-refractivity contribution is -0.134. The van der Waals surface area contributed by atoms with E-state index in [0.717, 1.165) is 17.3 Å². The summed E-state index contributed by atoms with van der Waals surface area (Å²) in [6, 6.07) is 17.3. The van der Waals surface area contributed by atoms with Gasteiger partial charge < -0.3 is 30.4 Å². The predicted molar refractivity (Wildman–Crippen MR) is 178 cm³/mol. The zero-order chi connectivity index (χ0) is 33.6. The first-order chi connectivity index (χ1) is 21.8. The van der Waals surface area contributed by atoms with E-state index in [-0.39, 0.29) is 39.3 Å². The van der Waals surface area contributed by atoms with Crippen LogP contribution in [-0.4, -0.2) is 64.8 Å². The summed E-state index contributed by atoms with van der Waals surface area (Å²) < 4.78 is 16.4. The average molecular weight is 647 g/mol. The quantitative estimate of drug-likeness (QED) is 0.252. The lowest BCUT2D eigenvalue weighted by Crippen LogP contribution is -2.53. The fourth-order valence-corrected chi connectivity index (χ4v) is 5.65. The van der Waals surface area contributed by atoms with E-state index >= 15 is 0 Å². The molecule has 0 aliphatic carbocycles. The van der Waals surface area contributed by atoms with E-state index in [0.29, 0.717) is 17.0 Å². The number of nitrogens with one attached hydrogen (secondary N) is 1. The Bertz CT molecular complexity index is 1630. The number of phenols is 1. The number of rotatable bonds is 11. The van der Waals surface area contributed by atoms with Crippen molar-refractivity contribution in [2.75, 3.05) is 14.2 Å². The molecule has 4 N–H and O–H groups in total. The number of carbonyl (C=O) groups is 3. The molecule has 1 fully saturated rings. The van der Waals surface area contributed by atoms with Crippen LogP contribution in [0.5, 0.6) is 23.0 Å². The summed E-state index contributed by atoms with van der Waals surface area (Å²) >= 11 is 1.09. The Labute approximate surface area is 272 Å². The molecule has 1 aliphatic heterocycles. The number of amidine groups is 1. The van der Waals surface area contributed by atoms with Gasteiger partial charge in [0.2, 0.25) is 17.6 Å². The SMILES string of the molecule is COc1cc(C=C2SC(=Nc3ccccc3)N([C@@H](C)C(=O)N[C@@H](Cc3ccc(OC(C)(C)C)cc3)C(N)=O)C2=O)cc(OC)c1O. The van der Waals surface area contributed by atoms with Crippen LogP contribution in [0.2, 0.25) is 0 Å². The zero-order valence-corrected chi connectivity index (χ0v) is 27.4. The van der Waals surface area contributed by atoms with E-state index in [4.69, 9.17) is 19.9 Å². The molecular formula is C34H38N4O7S. The third kappa shape index (κ3) is 8.39. The Kier molecular flexibility index (Phi) is 10.6. The minimum Gasteiger partial charge on any atom is -0.502 e. The minimum atomic E-state index is -1.05. The maximum atomic E-state index is 13.8. The molecule has 46 heavy (non-hydrogen) atoms. The number of hydrogen-bond donors (Lipinski definition) is 3. The molecule has 0 spiro atoms. The predicted octanol–water partition coefficient (Wildman–Crippen LogP) is 4.79. The molecule has 3 amide bonds. The number of nitrogens with zero attached hydrogens (tertiary/aromatic N) is 2. The van der Waals surface area contributed by atoms with Crippen molar-refractivity contribution in [2.45, 2.75) is 51.8 Å². The molecule has 0 unspecified atom stereocenters. The van der Waals surface area contributed by atoms with Gasteiger partial charge in [-0.05, 0) is 93.1 Å². The first-order valence-corrected chi connectivity index (χ1v) is 15.3. The fourth-order valence-electron chi connectivity index (χ4n) is 4.58. The molecule has 3 aromatic rings. The Balaban J connectivity index is 1.60. The molecule has 0 saturated carbocycles. The largest absolute Gasteiger partial charge is 0.502 e. The van der Waals surface area contributed by atoms with Crippen LogP contribution in [0, 0.1) is 0 Å². The Morgan fingerprint density at radius 3 is 2.20 bits per heavy atom. The molecule has 4 rings (SSSR count). The van der Waals surface area contributed by atoms with E-state index in [1.165, 1.54) is 19.1 Å². The maximum Gasteiger partial charge on any atom is 0.267 e. The number of carbonyl (C=O) groups excluding carboxylic acids is 3. The summed E-state index contributed by atoms with van der Waals surface area (Å²) in [4.78, 5) is 46.0. The molecular weight excluding hydrogens is 608 g/mol. The molecule has 11 nitrogen and oxygen atoms in total. The van der Waals surface area contributed by atoms with Crippen molar-refractivity contribution < 1.29 is 33.7 Å². The van der Waals surface area contributed by atoms with Crippen molar-refractivity contribution in [1.29, 1.82) is 0 Å².